The average molecular weight is 253 g/mol. The number of ether oxygens (including phenoxy) is 2. The van der Waals surface area contributed by atoms with Gasteiger partial charge in [0, 0.05) is 25.2 Å². The lowest BCUT2D eigenvalue weighted by Gasteiger charge is -2.49. The van der Waals surface area contributed by atoms with Crippen LogP contribution in [0.2, 0.25) is 0 Å². The second kappa shape index (κ2) is 4.19. The zero-order valence-electron chi connectivity index (χ0n) is 11.8. The van der Waals surface area contributed by atoms with E-state index in [4.69, 9.17) is 15.2 Å². The molecule has 2 heterocycles. The first-order valence-electron chi connectivity index (χ1n) is 7.48. The molecule has 3 atom stereocenters. The zero-order valence-corrected chi connectivity index (χ0v) is 11.8. The van der Waals surface area contributed by atoms with Gasteiger partial charge >= 0.3 is 0 Å². The van der Waals surface area contributed by atoms with Crippen molar-refractivity contribution in [2.45, 2.75) is 63.5 Å². The highest BCUT2D eigenvalue weighted by Gasteiger charge is 2.54. The van der Waals surface area contributed by atoms with Gasteiger partial charge in [0.05, 0.1) is 12.2 Å². The average Bonchev–Trinajstić information content (AvgIpc) is 2.86. The minimum Gasteiger partial charge on any atom is -0.378 e. The van der Waals surface area contributed by atoms with Gasteiger partial charge in [0.25, 0.3) is 0 Å². The SMILES string of the molecule is CC1(C)CCCC1(N)C1CCOC2(CCOC2)C1. The van der Waals surface area contributed by atoms with Gasteiger partial charge in [-0.3, -0.25) is 0 Å². The Bertz CT molecular complexity index is 322. The molecule has 1 spiro atoms. The van der Waals surface area contributed by atoms with Crippen LogP contribution in [0.15, 0.2) is 0 Å². The lowest BCUT2D eigenvalue weighted by atomic mass is 9.63. The first-order chi connectivity index (χ1) is 8.48. The van der Waals surface area contributed by atoms with Crippen molar-refractivity contribution in [3.63, 3.8) is 0 Å². The van der Waals surface area contributed by atoms with Crippen molar-refractivity contribution < 1.29 is 9.47 Å². The van der Waals surface area contributed by atoms with Crippen molar-refractivity contribution in [3.05, 3.63) is 0 Å². The summed E-state index contributed by atoms with van der Waals surface area (Å²) in [5, 5.41) is 0. The molecule has 0 bridgehead atoms. The van der Waals surface area contributed by atoms with Gasteiger partial charge in [0.2, 0.25) is 0 Å². The molecule has 104 valence electrons. The van der Waals surface area contributed by atoms with E-state index >= 15 is 0 Å². The third kappa shape index (κ3) is 1.83. The largest absolute Gasteiger partial charge is 0.378 e. The summed E-state index contributed by atoms with van der Waals surface area (Å²) < 4.78 is 11.6. The van der Waals surface area contributed by atoms with Crippen LogP contribution >= 0.6 is 0 Å². The van der Waals surface area contributed by atoms with E-state index in [1.54, 1.807) is 0 Å². The molecule has 18 heavy (non-hydrogen) atoms. The van der Waals surface area contributed by atoms with Crippen molar-refractivity contribution in [1.29, 1.82) is 0 Å². The standard InChI is InChI=1S/C15H27NO2/c1-13(2)5-3-6-15(13,16)12-4-8-18-14(10-12)7-9-17-11-14/h12H,3-11,16H2,1-2H3. The fraction of sp³-hybridized carbons (Fsp3) is 1.00. The highest BCUT2D eigenvalue weighted by molar-refractivity contribution is 5.09. The molecule has 0 aromatic carbocycles. The van der Waals surface area contributed by atoms with Gasteiger partial charge < -0.3 is 15.2 Å². The molecule has 3 nitrogen and oxygen atoms in total. The predicted octanol–water partition coefficient (Wildman–Crippen LogP) is 2.48. The maximum Gasteiger partial charge on any atom is 0.0940 e. The summed E-state index contributed by atoms with van der Waals surface area (Å²) >= 11 is 0. The van der Waals surface area contributed by atoms with E-state index < -0.39 is 0 Å². The Labute approximate surface area is 110 Å². The van der Waals surface area contributed by atoms with Gasteiger partial charge in [0.1, 0.15) is 0 Å². The molecule has 3 rings (SSSR count). The Kier molecular flexibility index (Phi) is 3.00. The van der Waals surface area contributed by atoms with Crippen molar-refractivity contribution in [2.75, 3.05) is 19.8 Å². The van der Waals surface area contributed by atoms with Crippen molar-refractivity contribution >= 4 is 0 Å². The van der Waals surface area contributed by atoms with E-state index in [0.29, 0.717) is 5.92 Å². The number of nitrogens with two attached hydrogens (primary N) is 1. The number of hydrogen-bond acceptors (Lipinski definition) is 3. The summed E-state index contributed by atoms with van der Waals surface area (Å²) in [6.45, 7) is 7.21. The molecule has 3 heteroatoms. The predicted molar refractivity (Wildman–Crippen MR) is 71.4 cm³/mol. The molecule has 3 fully saturated rings. The van der Waals surface area contributed by atoms with E-state index in [-0.39, 0.29) is 16.6 Å². The second-order valence-electron chi connectivity index (χ2n) is 7.30. The number of hydrogen-bond donors (Lipinski definition) is 1. The third-order valence-electron chi connectivity index (χ3n) is 5.94. The van der Waals surface area contributed by atoms with E-state index in [0.717, 1.165) is 39.1 Å². The van der Waals surface area contributed by atoms with E-state index in [2.05, 4.69) is 13.8 Å². The Morgan fingerprint density at radius 1 is 1.11 bits per heavy atom. The molecule has 2 saturated heterocycles. The van der Waals surface area contributed by atoms with E-state index in [9.17, 15) is 0 Å². The van der Waals surface area contributed by atoms with Crippen LogP contribution in [0.4, 0.5) is 0 Å². The topological polar surface area (TPSA) is 44.5 Å². The van der Waals surface area contributed by atoms with Crippen LogP contribution in [0.1, 0.15) is 52.4 Å². The summed E-state index contributed by atoms with van der Waals surface area (Å²) in [7, 11) is 0. The van der Waals surface area contributed by atoms with Crippen LogP contribution in [-0.4, -0.2) is 31.0 Å². The van der Waals surface area contributed by atoms with Crippen molar-refractivity contribution in [2.24, 2.45) is 17.1 Å². The van der Waals surface area contributed by atoms with Crippen molar-refractivity contribution in [3.8, 4) is 0 Å². The van der Waals surface area contributed by atoms with Gasteiger partial charge in [-0.15, -0.1) is 0 Å². The molecule has 0 aromatic rings. The normalized spacial score (nSPS) is 47.8. The molecular formula is C15H27NO2. The van der Waals surface area contributed by atoms with Gasteiger partial charge in [-0.05, 0) is 37.0 Å². The van der Waals surface area contributed by atoms with Crippen LogP contribution in [0.5, 0.6) is 0 Å². The third-order valence-corrected chi connectivity index (χ3v) is 5.94. The molecule has 3 aliphatic rings. The van der Waals surface area contributed by atoms with Gasteiger partial charge in [-0.2, -0.15) is 0 Å². The minimum atomic E-state index is -0.00600. The smallest absolute Gasteiger partial charge is 0.0940 e. The first kappa shape index (κ1) is 12.9. The van der Waals surface area contributed by atoms with Gasteiger partial charge in [0.15, 0.2) is 0 Å². The highest BCUT2D eigenvalue weighted by Crippen LogP contribution is 2.53. The summed E-state index contributed by atoms with van der Waals surface area (Å²) in [5.74, 6) is 0.602. The van der Waals surface area contributed by atoms with Gasteiger partial charge in [-0.25, -0.2) is 0 Å². The lowest BCUT2D eigenvalue weighted by Crippen LogP contribution is -2.58. The minimum absolute atomic E-state index is 0.00600. The lowest BCUT2D eigenvalue weighted by molar-refractivity contribution is -0.117. The highest BCUT2D eigenvalue weighted by atomic mass is 16.6. The molecule has 0 radical (unpaired) electrons. The molecule has 2 N–H and O–H groups in total. The summed E-state index contributed by atoms with van der Waals surface area (Å²) in [6, 6.07) is 0. The Hall–Kier alpha value is -0.120. The molecule has 0 aromatic heterocycles. The first-order valence-corrected chi connectivity index (χ1v) is 7.48. The molecular weight excluding hydrogens is 226 g/mol. The second-order valence-corrected chi connectivity index (χ2v) is 7.30. The maximum atomic E-state index is 6.87. The van der Waals surface area contributed by atoms with E-state index in [1.165, 1.54) is 19.3 Å². The summed E-state index contributed by atoms with van der Waals surface area (Å²) in [4.78, 5) is 0. The molecule has 0 amide bonds. The van der Waals surface area contributed by atoms with Crippen LogP contribution in [0.25, 0.3) is 0 Å². The van der Waals surface area contributed by atoms with E-state index in [1.807, 2.05) is 0 Å². The van der Waals surface area contributed by atoms with Crippen molar-refractivity contribution in [1.82, 2.24) is 0 Å². The molecule has 1 aliphatic carbocycles. The monoisotopic (exact) mass is 253 g/mol. The van der Waals surface area contributed by atoms with Crippen LogP contribution in [0.3, 0.4) is 0 Å². The van der Waals surface area contributed by atoms with Crippen LogP contribution in [0, 0.1) is 11.3 Å². The van der Waals surface area contributed by atoms with Gasteiger partial charge in [-0.1, -0.05) is 20.3 Å². The Morgan fingerprint density at radius 2 is 1.94 bits per heavy atom. The number of rotatable bonds is 1. The fourth-order valence-corrected chi connectivity index (χ4v) is 4.48. The fourth-order valence-electron chi connectivity index (χ4n) is 4.48. The van der Waals surface area contributed by atoms with Crippen LogP contribution < -0.4 is 5.73 Å². The van der Waals surface area contributed by atoms with Crippen LogP contribution in [-0.2, 0) is 9.47 Å². The summed E-state index contributed by atoms with van der Waals surface area (Å²) in [5.41, 5.74) is 7.14. The zero-order chi connectivity index (χ0) is 12.9. The molecule has 3 unspecified atom stereocenters. The molecule has 2 aliphatic heterocycles. The maximum absolute atomic E-state index is 6.87. The summed E-state index contributed by atoms with van der Waals surface area (Å²) in [6.07, 6.45) is 7.02. The quantitative estimate of drug-likeness (QED) is 0.781. The Morgan fingerprint density at radius 3 is 2.56 bits per heavy atom. The molecule has 1 saturated carbocycles. The Balaban J connectivity index is 1.80.